The van der Waals surface area contributed by atoms with E-state index in [9.17, 15) is 14.8 Å². The molecule has 1 aromatic heterocycles. The van der Waals surface area contributed by atoms with Crippen molar-refractivity contribution in [3.63, 3.8) is 0 Å². The number of aromatic nitrogens is 1. The van der Waals surface area contributed by atoms with Crippen LogP contribution in [0.5, 0.6) is 17.2 Å². The van der Waals surface area contributed by atoms with Gasteiger partial charge in [-0.1, -0.05) is 36.4 Å². The largest absolute Gasteiger partial charge is 0.504 e. The number of halogens is 1. The summed E-state index contributed by atoms with van der Waals surface area (Å²) in [5.74, 6) is 0.267. The maximum Gasteiger partial charge on any atom is 0.169 e. The van der Waals surface area contributed by atoms with E-state index in [2.05, 4.69) is 4.98 Å². The molecule has 0 bridgehead atoms. The molecule has 1 heterocycles. The first-order valence-electron chi connectivity index (χ1n) is 9.08. The average molecular weight is 397 g/mol. The highest BCUT2D eigenvalue weighted by molar-refractivity contribution is 5.81. The Morgan fingerprint density at radius 1 is 0.933 bits per heavy atom. The highest BCUT2D eigenvalue weighted by Crippen LogP contribution is 2.37. The number of nitrogen functional groups attached to an aromatic ring is 1. The minimum absolute atomic E-state index is 0.0163. The summed E-state index contributed by atoms with van der Waals surface area (Å²) < 4.78 is 19.9. The van der Waals surface area contributed by atoms with Gasteiger partial charge in [0.05, 0.1) is 5.69 Å². The number of hydrogen-bond donors (Lipinski definition) is 2. The molecule has 5 nitrogen and oxygen atoms in total. The number of phenolic OH excluding ortho intramolecular Hbond substituents is 1. The number of rotatable bonds is 4. The van der Waals surface area contributed by atoms with Crippen molar-refractivity contribution in [2.24, 2.45) is 0 Å². The third-order valence-corrected chi connectivity index (χ3v) is 4.55. The summed E-state index contributed by atoms with van der Waals surface area (Å²) in [5.41, 5.74) is 7.65. The molecule has 0 amide bonds. The van der Waals surface area contributed by atoms with Gasteiger partial charge in [0.15, 0.2) is 11.5 Å². The number of anilines is 1. The van der Waals surface area contributed by atoms with E-state index in [1.165, 1.54) is 12.1 Å². The van der Waals surface area contributed by atoms with Gasteiger partial charge >= 0.3 is 0 Å². The van der Waals surface area contributed by atoms with E-state index in [1.807, 2.05) is 24.3 Å². The topological polar surface area (TPSA) is 92.2 Å². The van der Waals surface area contributed by atoms with Crippen molar-refractivity contribution in [2.45, 2.75) is 0 Å². The van der Waals surface area contributed by atoms with Crippen LogP contribution in [0.25, 0.3) is 22.4 Å². The molecule has 146 valence electrons. The van der Waals surface area contributed by atoms with Gasteiger partial charge in [-0.2, -0.15) is 5.26 Å². The molecular weight excluding hydrogens is 381 g/mol. The van der Waals surface area contributed by atoms with Crippen LogP contribution in [0.2, 0.25) is 0 Å². The number of benzene rings is 3. The fourth-order valence-electron chi connectivity index (χ4n) is 3.10. The molecular formula is C24H16FN3O2. The van der Waals surface area contributed by atoms with Crippen molar-refractivity contribution in [3.05, 3.63) is 90.2 Å². The second-order valence-corrected chi connectivity index (χ2v) is 6.50. The Morgan fingerprint density at radius 3 is 2.37 bits per heavy atom. The molecule has 0 saturated heterocycles. The molecule has 0 radical (unpaired) electrons. The summed E-state index contributed by atoms with van der Waals surface area (Å²) in [5, 5.41) is 20.0. The molecule has 0 unspecified atom stereocenters. The summed E-state index contributed by atoms with van der Waals surface area (Å²) in [4.78, 5) is 4.19. The van der Waals surface area contributed by atoms with Crippen LogP contribution in [-0.2, 0) is 0 Å². The van der Waals surface area contributed by atoms with Crippen LogP contribution in [0.3, 0.4) is 0 Å². The normalized spacial score (nSPS) is 10.4. The van der Waals surface area contributed by atoms with E-state index in [-0.39, 0.29) is 28.4 Å². The van der Waals surface area contributed by atoms with Crippen LogP contribution in [0, 0.1) is 17.1 Å². The first-order chi connectivity index (χ1) is 14.6. The molecule has 0 fully saturated rings. The number of nitriles is 1. The molecule has 4 rings (SSSR count). The number of pyridine rings is 1. The van der Waals surface area contributed by atoms with E-state index in [1.54, 1.807) is 48.5 Å². The highest BCUT2D eigenvalue weighted by atomic mass is 19.1. The molecule has 30 heavy (non-hydrogen) atoms. The summed E-state index contributed by atoms with van der Waals surface area (Å²) in [6, 6.07) is 23.6. The summed E-state index contributed by atoms with van der Waals surface area (Å²) >= 11 is 0. The van der Waals surface area contributed by atoms with Crippen LogP contribution < -0.4 is 10.5 Å². The van der Waals surface area contributed by atoms with Crippen molar-refractivity contribution >= 4 is 5.82 Å². The summed E-state index contributed by atoms with van der Waals surface area (Å²) in [7, 11) is 0. The zero-order valence-corrected chi connectivity index (χ0v) is 15.7. The smallest absolute Gasteiger partial charge is 0.169 e. The zero-order valence-electron chi connectivity index (χ0n) is 15.7. The van der Waals surface area contributed by atoms with Crippen LogP contribution in [0.15, 0.2) is 78.9 Å². The Morgan fingerprint density at radius 2 is 1.67 bits per heavy atom. The van der Waals surface area contributed by atoms with E-state index in [0.29, 0.717) is 22.6 Å². The number of aromatic hydroxyl groups is 1. The van der Waals surface area contributed by atoms with Crippen molar-refractivity contribution in [2.75, 3.05) is 5.73 Å². The monoisotopic (exact) mass is 397 g/mol. The second-order valence-electron chi connectivity index (χ2n) is 6.50. The Labute approximate surface area is 172 Å². The van der Waals surface area contributed by atoms with Crippen LogP contribution in [-0.4, -0.2) is 10.1 Å². The third-order valence-electron chi connectivity index (χ3n) is 4.55. The van der Waals surface area contributed by atoms with Crippen molar-refractivity contribution in [1.29, 1.82) is 5.26 Å². The van der Waals surface area contributed by atoms with Crippen LogP contribution >= 0.6 is 0 Å². The molecule has 0 spiro atoms. The SMILES string of the molecule is N#Cc1c(-c2ccc(Oc3ccccc3)c(O)c2)cc(-c2ccccc2F)nc1N. The van der Waals surface area contributed by atoms with Gasteiger partial charge in [0.2, 0.25) is 0 Å². The summed E-state index contributed by atoms with van der Waals surface area (Å²) in [6.45, 7) is 0. The fraction of sp³-hybridized carbons (Fsp3) is 0. The lowest BCUT2D eigenvalue weighted by atomic mass is 9.98. The lowest BCUT2D eigenvalue weighted by Crippen LogP contribution is -2.00. The van der Waals surface area contributed by atoms with E-state index >= 15 is 0 Å². The lowest BCUT2D eigenvalue weighted by Gasteiger charge is -2.13. The number of nitrogens with zero attached hydrogens (tertiary/aromatic N) is 2. The fourth-order valence-corrected chi connectivity index (χ4v) is 3.10. The Kier molecular flexibility index (Phi) is 5.02. The first kappa shape index (κ1) is 19.0. The van der Waals surface area contributed by atoms with Gasteiger partial charge in [-0.25, -0.2) is 9.37 Å². The standard InChI is InChI=1S/C24H16FN3O2/c25-20-9-5-4-8-17(20)21-13-18(19(14-26)24(27)28-21)15-10-11-23(22(29)12-15)30-16-6-2-1-3-7-16/h1-13,29H,(H2,27,28). The molecule has 0 aliphatic heterocycles. The van der Waals surface area contributed by atoms with Crippen LogP contribution in [0.4, 0.5) is 10.2 Å². The third kappa shape index (κ3) is 3.64. The summed E-state index contributed by atoms with van der Waals surface area (Å²) in [6.07, 6.45) is 0. The van der Waals surface area contributed by atoms with Crippen molar-refractivity contribution in [3.8, 4) is 45.7 Å². The lowest BCUT2D eigenvalue weighted by molar-refractivity contribution is 0.411. The molecule has 3 aromatic carbocycles. The van der Waals surface area contributed by atoms with E-state index < -0.39 is 5.82 Å². The van der Waals surface area contributed by atoms with Gasteiger partial charge in [-0.15, -0.1) is 0 Å². The van der Waals surface area contributed by atoms with Gasteiger partial charge in [0.25, 0.3) is 0 Å². The predicted molar refractivity (Wildman–Crippen MR) is 112 cm³/mol. The van der Waals surface area contributed by atoms with Crippen LogP contribution in [0.1, 0.15) is 5.56 Å². The quantitative estimate of drug-likeness (QED) is 0.474. The Hall–Kier alpha value is -4.37. The Balaban J connectivity index is 1.79. The predicted octanol–water partition coefficient (Wildman–Crippen LogP) is 5.51. The number of hydrogen-bond acceptors (Lipinski definition) is 5. The molecule has 0 atom stereocenters. The number of ether oxygens (including phenoxy) is 1. The maximum atomic E-state index is 14.2. The van der Waals surface area contributed by atoms with Crippen molar-refractivity contribution < 1.29 is 14.2 Å². The van der Waals surface area contributed by atoms with Gasteiger partial charge in [0, 0.05) is 11.1 Å². The van der Waals surface area contributed by atoms with E-state index in [4.69, 9.17) is 10.5 Å². The molecule has 4 aromatic rings. The number of nitrogens with two attached hydrogens (primary N) is 1. The second kappa shape index (κ2) is 7.94. The van der Waals surface area contributed by atoms with Gasteiger partial charge < -0.3 is 15.6 Å². The van der Waals surface area contributed by atoms with E-state index in [0.717, 1.165) is 0 Å². The molecule has 0 aliphatic carbocycles. The minimum Gasteiger partial charge on any atom is -0.504 e. The minimum atomic E-state index is -0.450. The van der Waals surface area contributed by atoms with Crippen molar-refractivity contribution in [1.82, 2.24) is 4.98 Å². The highest BCUT2D eigenvalue weighted by Gasteiger charge is 2.16. The maximum absolute atomic E-state index is 14.2. The van der Waals surface area contributed by atoms with Gasteiger partial charge in [-0.3, -0.25) is 0 Å². The average Bonchev–Trinajstić information content (AvgIpc) is 2.75. The first-order valence-corrected chi connectivity index (χ1v) is 9.08. The number of phenols is 1. The zero-order chi connectivity index (χ0) is 21.1. The molecule has 0 aliphatic rings. The van der Waals surface area contributed by atoms with Gasteiger partial charge in [0.1, 0.15) is 29.0 Å². The van der Waals surface area contributed by atoms with Gasteiger partial charge in [-0.05, 0) is 48.0 Å². The molecule has 0 saturated carbocycles. The Bertz CT molecular complexity index is 1270. The molecule has 3 N–H and O–H groups in total. The molecule has 6 heteroatoms. The number of para-hydroxylation sites is 1.